The van der Waals surface area contributed by atoms with Gasteiger partial charge in [0.05, 0.1) is 25.3 Å². The predicted octanol–water partition coefficient (Wildman–Crippen LogP) is 2.53. The summed E-state index contributed by atoms with van der Waals surface area (Å²) in [5, 5.41) is 2.75. The molecule has 1 aromatic rings. The molecule has 1 saturated heterocycles. The van der Waals surface area contributed by atoms with E-state index in [-0.39, 0.29) is 30.5 Å². The van der Waals surface area contributed by atoms with Crippen molar-refractivity contribution in [2.75, 3.05) is 19.7 Å². The number of amides is 2. The van der Waals surface area contributed by atoms with E-state index in [4.69, 9.17) is 4.74 Å². The fourth-order valence-electron chi connectivity index (χ4n) is 2.81. The molecule has 0 bridgehead atoms. The molecule has 2 amide bonds. The largest absolute Gasteiger partial charge is 0.374 e. The van der Waals surface area contributed by atoms with Crippen LogP contribution in [0.5, 0.6) is 0 Å². The standard InChI is InChI=1S/C19H28N2O3/c1-14(2)9-10-18(22)20-11-19(23)21-12-15(3)24-13-17(21)16-7-5-4-6-8-16/h4-8,14-15,17H,9-13H2,1-3H3,(H,20,22)/t15-,17-/m0/s1. The van der Waals surface area contributed by atoms with Gasteiger partial charge in [0.15, 0.2) is 0 Å². The molecule has 1 aliphatic rings. The van der Waals surface area contributed by atoms with Gasteiger partial charge in [0.25, 0.3) is 0 Å². The first-order valence-electron chi connectivity index (χ1n) is 8.70. The maximum atomic E-state index is 12.6. The van der Waals surface area contributed by atoms with Gasteiger partial charge >= 0.3 is 0 Å². The second-order valence-corrected chi connectivity index (χ2v) is 6.83. The molecule has 1 fully saturated rings. The molecule has 0 aliphatic carbocycles. The highest BCUT2D eigenvalue weighted by molar-refractivity contribution is 5.85. The van der Waals surface area contributed by atoms with Crippen LogP contribution >= 0.6 is 0 Å². The molecule has 2 rings (SSSR count). The fourth-order valence-corrected chi connectivity index (χ4v) is 2.81. The number of ether oxygens (including phenoxy) is 1. The summed E-state index contributed by atoms with van der Waals surface area (Å²) in [6.07, 6.45) is 1.30. The van der Waals surface area contributed by atoms with Crippen LogP contribution in [-0.4, -0.2) is 42.5 Å². The van der Waals surface area contributed by atoms with Crippen LogP contribution in [0.15, 0.2) is 30.3 Å². The van der Waals surface area contributed by atoms with Crippen LogP contribution in [0.4, 0.5) is 0 Å². The number of rotatable bonds is 6. The van der Waals surface area contributed by atoms with Crippen LogP contribution in [0, 0.1) is 5.92 Å². The minimum Gasteiger partial charge on any atom is -0.374 e. The van der Waals surface area contributed by atoms with Crippen molar-refractivity contribution >= 4 is 11.8 Å². The molecule has 2 atom stereocenters. The van der Waals surface area contributed by atoms with Gasteiger partial charge in [-0.2, -0.15) is 0 Å². The Kier molecular flexibility index (Phi) is 6.79. The highest BCUT2D eigenvalue weighted by atomic mass is 16.5. The Balaban J connectivity index is 1.95. The Morgan fingerprint density at radius 1 is 1.29 bits per heavy atom. The topological polar surface area (TPSA) is 58.6 Å². The van der Waals surface area contributed by atoms with Crippen molar-refractivity contribution in [1.82, 2.24) is 10.2 Å². The number of nitrogens with one attached hydrogen (secondary N) is 1. The predicted molar refractivity (Wildman–Crippen MR) is 93.4 cm³/mol. The number of carbonyl (C=O) groups is 2. The summed E-state index contributed by atoms with van der Waals surface area (Å²) in [4.78, 5) is 26.3. The van der Waals surface area contributed by atoms with Crippen LogP contribution in [0.25, 0.3) is 0 Å². The highest BCUT2D eigenvalue weighted by Crippen LogP contribution is 2.26. The molecule has 0 saturated carbocycles. The third-order valence-corrected chi connectivity index (χ3v) is 4.26. The summed E-state index contributed by atoms with van der Waals surface area (Å²) < 4.78 is 5.73. The van der Waals surface area contributed by atoms with Crippen molar-refractivity contribution in [2.24, 2.45) is 5.92 Å². The minimum absolute atomic E-state index is 0.00514. The van der Waals surface area contributed by atoms with Gasteiger partial charge in [0.1, 0.15) is 0 Å². The molecular weight excluding hydrogens is 304 g/mol. The highest BCUT2D eigenvalue weighted by Gasteiger charge is 2.31. The van der Waals surface area contributed by atoms with Gasteiger partial charge in [0, 0.05) is 13.0 Å². The van der Waals surface area contributed by atoms with Gasteiger partial charge in [-0.05, 0) is 24.8 Å². The zero-order valence-corrected chi connectivity index (χ0v) is 14.8. The molecular formula is C19H28N2O3. The molecule has 0 unspecified atom stereocenters. The maximum Gasteiger partial charge on any atom is 0.242 e. The fraction of sp³-hybridized carbons (Fsp3) is 0.579. The van der Waals surface area contributed by atoms with Gasteiger partial charge in [-0.15, -0.1) is 0 Å². The number of benzene rings is 1. The van der Waals surface area contributed by atoms with Crippen molar-refractivity contribution in [2.45, 2.75) is 45.8 Å². The van der Waals surface area contributed by atoms with Crippen LogP contribution < -0.4 is 5.32 Å². The minimum atomic E-state index is -0.0949. The van der Waals surface area contributed by atoms with Crippen molar-refractivity contribution in [3.8, 4) is 0 Å². The maximum absolute atomic E-state index is 12.6. The Morgan fingerprint density at radius 2 is 2.00 bits per heavy atom. The first kappa shape index (κ1) is 18.5. The summed E-state index contributed by atoms with van der Waals surface area (Å²) in [7, 11) is 0. The lowest BCUT2D eigenvalue weighted by Crippen LogP contribution is -2.50. The molecule has 1 heterocycles. The van der Waals surface area contributed by atoms with Crippen LogP contribution in [0.1, 0.15) is 45.2 Å². The summed E-state index contributed by atoms with van der Waals surface area (Å²) in [6, 6.07) is 9.80. The van der Waals surface area contributed by atoms with E-state index in [1.165, 1.54) is 0 Å². The first-order valence-corrected chi connectivity index (χ1v) is 8.70. The molecule has 24 heavy (non-hydrogen) atoms. The summed E-state index contributed by atoms with van der Waals surface area (Å²) >= 11 is 0. The Morgan fingerprint density at radius 3 is 2.67 bits per heavy atom. The Hall–Kier alpha value is -1.88. The summed E-state index contributed by atoms with van der Waals surface area (Å²) in [5.74, 6) is 0.362. The Bertz CT molecular complexity index is 545. The van der Waals surface area contributed by atoms with E-state index < -0.39 is 0 Å². The molecule has 132 valence electrons. The third kappa shape index (κ3) is 5.34. The van der Waals surface area contributed by atoms with Gasteiger partial charge < -0.3 is 15.0 Å². The van der Waals surface area contributed by atoms with Gasteiger partial charge in [-0.1, -0.05) is 44.2 Å². The van der Waals surface area contributed by atoms with Gasteiger partial charge in [0.2, 0.25) is 11.8 Å². The SMILES string of the molecule is CC(C)CCC(=O)NCC(=O)N1C[C@H](C)OC[C@H]1c1ccccc1. The van der Waals surface area contributed by atoms with Crippen molar-refractivity contribution in [3.05, 3.63) is 35.9 Å². The molecule has 0 aromatic heterocycles. The number of hydrogen-bond acceptors (Lipinski definition) is 3. The van der Waals surface area contributed by atoms with Gasteiger partial charge in [-0.3, -0.25) is 9.59 Å². The third-order valence-electron chi connectivity index (χ3n) is 4.26. The molecule has 1 N–H and O–H groups in total. The lowest BCUT2D eigenvalue weighted by molar-refractivity contribution is -0.144. The van der Waals surface area contributed by atoms with Crippen molar-refractivity contribution in [1.29, 1.82) is 0 Å². The summed E-state index contributed by atoms with van der Waals surface area (Å²) in [5.41, 5.74) is 1.06. The molecule has 5 nitrogen and oxygen atoms in total. The second-order valence-electron chi connectivity index (χ2n) is 6.83. The molecule has 0 spiro atoms. The first-order chi connectivity index (χ1) is 11.5. The average Bonchev–Trinajstić information content (AvgIpc) is 2.58. The second kappa shape index (κ2) is 8.83. The molecule has 1 aromatic carbocycles. The van der Waals surface area contributed by atoms with E-state index in [9.17, 15) is 9.59 Å². The molecule has 0 radical (unpaired) electrons. The van der Waals surface area contributed by atoms with Crippen LogP contribution in [0.2, 0.25) is 0 Å². The molecule has 1 aliphatic heterocycles. The van der Waals surface area contributed by atoms with E-state index in [0.717, 1.165) is 12.0 Å². The van der Waals surface area contributed by atoms with Gasteiger partial charge in [-0.25, -0.2) is 0 Å². The van der Waals surface area contributed by atoms with Crippen LogP contribution in [0.3, 0.4) is 0 Å². The zero-order valence-electron chi connectivity index (χ0n) is 14.8. The Labute approximate surface area is 144 Å². The monoisotopic (exact) mass is 332 g/mol. The lowest BCUT2D eigenvalue weighted by Gasteiger charge is -2.39. The smallest absolute Gasteiger partial charge is 0.242 e. The van der Waals surface area contributed by atoms with Crippen molar-refractivity contribution in [3.63, 3.8) is 0 Å². The van der Waals surface area contributed by atoms with Crippen molar-refractivity contribution < 1.29 is 14.3 Å². The van der Waals surface area contributed by atoms with E-state index in [1.807, 2.05) is 42.2 Å². The average molecular weight is 332 g/mol. The summed E-state index contributed by atoms with van der Waals surface area (Å²) in [6.45, 7) is 7.20. The zero-order chi connectivity index (χ0) is 17.5. The van der Waals surface area contributed by atoms with E-state index in [2.05, 4.69) is 19.2 Å². The van der Waals surface area contributed by atoms with Crippen LogP contribution in [-0.2, 0) is 14.3 Å². The number of hydrogen-bond donors (Lipinski definition) is 1. The van der Waals surface area contributed by atoms with E-state index in [1.54, 1.807) is 0 Å². The van der Waals surface area contributed by atoms with E-state index >= 15 is 0 Å². The lowest BCUT2D eigenvalue weighted by atomic mass is 10.0. The number of nitrogens with zero attached hydrogens (tertiary/aromatic N) is 1. The quantitative estimate of drug-likeness (QED) is 0.871. The van der Waals surface area contributed by atoms with E-state index in [0.29, 0.717) is 25.5 Å². The number of morpholine rings is 1. The normalized spacial score (nSPS) is 20.9. The molecule has 5 heteroatoms. The number of carbonyl (C=O) groups excluding carboxylic acids is 2.